The van der Waals surface area contributed by atoms with E-state index in [0.29, 0.717) is 12.8 Å². The number of nitrogens with one attached hydrogen (secondary N) is 2. The number of hydrogen-bond acceptors (Lipinski definition) is 9. The van der Waals surface area contributed by atoms with Crippen molar-refractivity contribution >= 4 is 50.4 Å². The molecule has 1 aromatic heterocycles. The first-order valence-corrected chi connectivity index (χ1v) is 14.3. The number of esters is 1. The Morgan fingerprint density at radius 1 is 1.20 bits per heavy atom. The van der Waals surface area contributed by atoms with Crippen molar-refractivity contribution in [2.45, 2.75) is 84.1 Å². The molecule has 0 unspecified atom stereocenters. The molecule has 1 aromatic carbocycles. The van der Waals surface area contributed by atoms with Crippen LogP contribution in [0.4, 0.5) is 18.6 Å². The van der Waals surface area contributed by atoms with Crippen LogP contribution in [-0.4, -0.2) is 52.4 Å². The van der Waals surface area contributed by atoms with Gasteiger partial charge in [-0.3, -0.25) is 14.9 Å². The van der Waals surface area contributed by atoms with Gasteiger partial charge in [0.05, 0.1) is 24.2 Å². The number of anilines is 1. The van der Waals surface area contributed by atoms with E-state index in [0.717, 1.165) is 23.7 Å². The van der Waals surface area contributed by atoms with Crippen molar-refractivity contribution in [2.24, 2.45) is 5.73 Å². The predicted octanol–water partition coefficient (Wildman–Crippen LogP) is 5.02. The molecule has 0 aliphatic carbocycles. The Kier molecular flexibility index (Phi) is 10.7. The van der Waals surface area contributed by atoms with Gasteiger partial charge in [0, 0.05) is 17.4 Å². The second-order valence-electron chi connectivity index (χ2n) is 10.8. The molecule has 0 spiro atoms. The third-order valence-electron chi connectivity index (χ3n) is 5.59. The van der Waals surface area contributed by atoms with Gasteiger partial charge in [-0.05, 0) is 64.7 Å². The second kappa shape index (κ2) is 13.4. The van der Waals surface area contributed by atoms with Crippen LogP contribution in [0.5, 0.6) is 5.88 Å². The van der Waals surface area contributed by atoms with E-state index in [2.05, 4.69) is 30.9 Å². The van der Waals surface area contributed by atoms with Crippen LogP contribution < -0.4 is 21.1 Å². The smallest absolute Gasteiger partial charge is 0.319 e. The standard InChI is InChI=1S/C26H33BrF2N4O7S/c1-25(2,3)40-19(34)11-15-10-14(38-26(4,5)39-15)6-7-31-24(36)32-23-20(21(30)35)22(33-41-23)37-12-16-17(28)8-13(27)9-18(16)29/h8-9,14-15H,6-7,10-12H2,1-5H3,(H2,30,35)(H2,31,32,36)/t14-,15-/m1/s1. The minimum absolute atomic E-state index is 0.00243. The molecule has 2 atom stereocenters. The largest absolute Gasteiger partial charge is 0.471 e. The molecule has 1 aliphatic rings. The fourth-order valence-electron chi connectivity index (χ4n) is 4.11. The van der Waals surface area contributed by atoms with Gasteiger partial charge in [0.15, 0.2) is 5.79 Å². The third kappa shape index (κ3) is 9.87. The van der Waals surface area contributed by atoms with Crippen LogP contribution in [0, 0.1) is 11.6 Å². The molecule has 1 aliphatic heterocycles. The van der Waals surface area contributed by atoms with Gasteiger partial charge in [0.2, 0.25) is 5.88 Å². The van der Waals surface area contributed by atoms with Crippen LogP contribution in [0.15, 0.2) is 16.6 Å². The van der Waals surface area contributed by atoms with Crippen molar-refractivity contribution in [3.8, 4) is 5.88 Å². The van der Waals surface area contributed by atoms with Crippen molar-refractivity contribution in [2.75, 3.05) is 11.9 Å². The van der Waals surface area contributed by atoms with Crippen LogP contribution in [0.2, 0.25) is 0 Å². The highest BCUT2D eigenvalue weighted by molar-refractivity contribution is 9.10. The fourth-order valence-corrected chi connectivity index (χ4v) is 5.25. The lowest BCUT2D eigenvalue weighted by Crippen LogP contribution is -2.46. The molecule has 0 radical (unpaired) electrons. The molecule has 41 heavy (non-hydrogen) atoms. The molecule has 2 heterocycles. The maximum Gasteiger partial charge on any atom is 0.319 e. The molecular formula is C26H33BrF2N4O7S. The number of nitrogens with zero attached hydrogens (tertiary/aromatic N) is 1. The summed E-state index contributed by atoms with van der Waals surface area (Å²) >= 11 is 3.72. The van der Waals surface area contributed by atoms with Crippen LogP contribution in [0.3, 0.4) is 0 Å². The Labute approximate surface area is 248 Å². The van der Waals surface area contributed by atoms with Gasteiger partial charge in [-0.1, -0.05) is 15.9 Å². The maximum atomic E-state index is 14.1. The monoisotopic (exact) mass is 662 g/mol. The Hall–Kier alpha value is -2.88. The molecule has 0 bridgehead atoms. The van der Waals surface area contributed by atoms with Crippen molar-refractivity contribution in [1.29, 1.82) is 0 Å². The first-order valence-electron chi connectivity index (χ1n) is 12.7. The number of primary amides is 1. The fraction of sp³-hybridized carbons (Fsp3) is 0.538. The zero-order chi connectivity index (χ0) is 30.5. The lowest BCUT2D eigenvalue weighted by Gasteiger charge is -2.40. The van der Waals surface area contributed by atoms with Gasteiger partial charge in [-0.25, -0.2) is 13.6 Å². The third-order valence-corrected chi connectivity index (χ3v) is 6.79. The van der Waals surface area contributed by atoms with Gasteiger partial charge >= 0.3 is 12.0 Å². The second-order valence-corrected chi connectivity index (χ2v) is 12.5. The number of aromatic nitrogens is 1. The Bertz CT molecular complexity index is 1260. The summed E-state index contributed by atoms with van der Waals surface area (Å²) < 4.78 is 55.0. The van der Waals surface area contributed by atoms with E-state index in [9.17, 15) is 23.2 Å². The summed E-state index contributed by atoms with van der Waals surface area (Å²) in [5, 5.41) is 5.16. The van der Waals surface area contributed by atoms with Crippen molar-refractivity contribution in [3.05, 3.63) is 39.4 Å². The lowest BCUT2D eigenvalue weighted by atomic mass is 10.0. The zero-order valence-corrected chi connectivity index (χ0v) is 25.7. The molecule has 1 fully saturated rings. The van der Waals surface area contributed by atoms with Gasteiger partial charge in [0.1, 0.15) is 34.4 Å². The van der Waals surface area contributed by atoms with Crippen LogP contribution in [0.1, 0.15) is 69.8 Å². The van der Waals surface area contributed by atoms with Gasteiger partial charge in [0.25, 0.3) is 5.91 Å². The summed E-state index contributed by atoms with van der Waals surface area (Å²) in [5.41, 5.74) is 4.24. The minimum Gasteiger partial charge on any atom is -0.471 e. The predicted molar refractivity (Wildman–Crippen MR) is 150 cm³/mol. The zero-order valence-electron chi connectivity index (χ0n) is 23.3. The summed E-state index contributed by atoms with van der Waals surface area (Å²) in [6.45, 7) is 8.50. The number of nitrogens with two attached hydrogens (primary N) is 1. The molecule has 0 saturated carbocycles. The number of rotatable bonds is 10. The van der Waals surface area contributed by atoms with Gasteiger partial charge < -0.3 is 30.0 Å². The molecule has 4 N–H and O–H groups in total. The molecule has 11 nitrogen and oxygen atoms in total. The number of urea groups is 1. The van der Waals surface area contributed by atoms with Gasteiger partial charge in [-0.2, -0.15) is 4.37 Å². The van der Waals surface area contributed by atoms with Crippen LogP contribution in [-0.2, 0) is 25.6 Å². The molecule has 15 heteroatoms. The van der Waals surface area contributed by atoms with E-state index in [-0.39, 0.29) is 51.5 Å². The highest BCUT2D eigenvalue weighted by atomic mass is 79.9. The molecular weight excluding hydrogens is 630 g/mol. The molecule has 2 aromatic rings. The summed E-state index contributed by atoms with van der Waals surface area (Å²) in [5.74, 6) is -4.23. The van der Waals surface area contributed by atoms with Crippen LogP contribution in [0.25, 0.3) is 0 Å². The van der Waals surface area contributed by atoms with E-state index in [1.807, 2.05) is 0 Å². The average Bonchev–Trinajstić information content (AvgIpc) is 3.18. The number of benzene rings is 1. The molecule has 3 amide bonds. The maximum absolute atomic E-state index is 14.1. The molecule has 1 saturated heterocycles. The lowest BCUT2D eigenvalue weighted by molar-refractivity contribution is -0.300. The number of amides is 3. The number of carbonyl (C=O) groups excluding carboxylic acids is 3. The summed E-state index contributed by atoms with van der Waals surface area (Å²) in [4.78, 5) is 36.9. The van der Waals surface area contributed by atoms with E-state index in [4.69, 9.17) is 24.7 Å². The Morgan fingerprint density at radius 2 is 1.83 bits per heavy atom. The summed E-state index contributed by atoms with van der Waals surface area (Å²) in [6.07, 6.45) is 0.180. The van der Waals surface area contributed by atoms with E-state index in [1.54, 1.807) is 34.6 Å². The number of hydrogen-bond donors (Lipinski definition) is 3. The van der Waals surface area contributed by atoms with Crippen LogP contribution >= 0.6 is 27.5 Å². The number of carbonyl (C=O) groups is 3. The van der Waals surface area contributed by atoms with Gasteiger partial charge in [-0.15, -0.1) is 0 Å². The first kappa shape index (κ1) is 32.6. The minimum atomic E-state index is -0.949. The Balaban J connectivity index is 1.54. The topological polar surface area (TPSA) is 151 Å². The summed E-state index contributed by atoms with van der Waals surface area (Å²) in [7, 11) is 0. The highest BCUT2D eigenvalue weighted by Crippen LogP contribution is 2.32. The van der Waals surface area contributed by atoms with Crippen molar-refractivity contribution < 1.29 is 42.1 Å². The van der Waals surface area contributed by atoms with Crippen molar-refractivity contribution in [3.63, 3.8) is 0 Å². The molecule has 226 valence electrons. The quantitative estimate of drug-likeness (QED) is 0.300. The molecule has 3 rings (SSSR count). The van der Waals surface area contributed by atoms with Crippen molar-refractivity contribution in [1.82, 2.24) is 9.69 Å². The van der Waals surface area contributed by atoms with E-state index < -0.39 is 47.7 Å². The first-order chi connectivity index (χ1) is 19.0. The average molecular weight is 664 g/mol. The van der Waals surface area contributed by atoms with E-state index in [1.165, 1.54) is 0 Å². The normalized spacial score (nSPS) is 18.4. The highest BCUT2D eigenvalue weighted by Gasteiger charge is 2.37. The van der Waals surface area contributed by atoms with E-state index >= 15 is 0 Å². The Morgan fingerprint density at radius 3 is 2.44 bits per heavy atom. The SMILES string of the molecule is CC(C)(C)OC(=O)C[C@H]1C[C@@H](CCNC(=O)Nc2snc(OCc3c(F)cc(Br)cc3F)c2C(N)=O)OC(C)(C)O1. The number of halogens is 3. The summed E-state index contributed by atoms with van der Waals surface area (Å²) in [6, 6.07) is 1.50. The number of ether oxygens (including phenoxy) is 4.